The van der Waals surface area contributed by atoms with Crippen molar-refractivity contribution in [1.82, 2.24) is 4.98 Å². The molecular weight excluding hydrogens is 195 g/mol. The molecule has 0 fully saturated rings. The lowest BCUT2D eigenvalue weighted by Crippen LogP contribution is -2.13. The molecule has 1 aromatic heterocycles. The fourth-order valence-electron chi connectivity index (χ4n) is 1.18. The SMILES string of the molecule is C[C@H](O)Cc1cnccc1C(F)(F)F. The van der Waals surface area contributed by atoms with Crippen molar-refractivity contribution < 1.29 is 18.3 Å². The molecule has 1 aromatic rings. The van der Waals surface area contributed by atoms with Crippen molar-refractivity contribution in [3.8, 4) is 0 Å². The Hall–Kier alpha value is -1.10. The normalized spacial score (nSPS) is 14.1. The van der Waals surface area contributed by atoms with E-state index < -0.39 is 17.8 Å². The first kappa shape index (κ1) is 11.0. The highest BCUT2D eigenvalue weighted by Crippen LogP contribution is 2.31. The number of hydrogen-bond acceptors (Lipinski definition) is 2. The summed E-state index contributed by atoms with van der Waals surface area (Å²) in [6, 6.07) is 0.914. The van der Waals surface area contributed by atoms with Crippen LogP contribution < -0.4 is 0 Å². The van der Waals surface area contributed by atoms with Crippen LogP contribution in [0.25, 0.3) is 0 Å². The van der Waals surface area contributed by atoms with E-state index in [0.717, 1.165) is 18.5 Å². The van der Waals surface area contributed by atoms with Crippen molar-refractivity contribution in [2.24, 2.45) is 0 Å². The standard InChI is InChI=1S/C9H10F3NO/c1-6(14)4-7-5-13-3-2-8(7)9(10,11)12/h2-3,5-6,14H,4H2,1H3/t6-/m0/s1. The van der Waals surface area contributed by atoms with Crippen LogP contribution in [0.4, 0.5) is 13.2 Å². The van der Waals surface area contributed by atoms with Gasteiger partial charge >= 0.3 is 6.18 Å². The first-order valence-corrected chi connectivity index (χ1v) is 4.09. The second kappa shape index (κ2) is 3.96. The van der Waals surface area contributed by atoms with E-state index >= 15 is 0 Å². The molecule has 1 atom stereocenters. The van der Waals surface area contributed by atoms with Gasteiger partial charge in [-0.15, -0.1) is 0 Å². The first-order chi connectivity index (χ1) is 6.41. The molecule has 0 aromatic carbocycles. The topological polar surface area (TPSA) is 33.1 Å². The highest BCUT2D eigenvalue weighted by Gasteiger charge is 2.33. The van der Waals surface area contributed by atoms with Gasteiger partial charge in [-0.1, -0.05) is 0 Å². The third-order valence-electron chi connectivity index (χ3n) is 1.72. The molecule has 0 aliphatic carbocycles. The van der Waals surface area contributed by atoms with Crippen LogP contribution in [0.5, 0.6) is 0 Å². The molecule has 0 saturated carbocycles. The van der Waals surface area contributed by atoms with E-state index in [0.29, 0.717) is 0 Å². The second-order valence-electron chi connectivity index (χ2n) is 3.08. The van der Waals surface area contributed by atoms with Gasteiger partial charge in [0.25, 0.3) is 0 Å². The molecule has 0 spiro atoms. The zero-order valence-corrected chi connectivity index (χ0v) is 7.54. The summed E-state index contributed by atoms with van der Waals surface area (Å²) in [6.45, 7) is 1.44. The smallest absolute Gasteiger partial charge is 0.393 e. The maximum absolute atomic E-state index is 12.4. The maximum atomic E-state index is 12.4. The number of aromatic nitrogens is 1. The molecule has 14 heavy (non-hydrogen) atoms. The number of rotatable bonds is 2. The Morgan fingerprint density at radius 3 is 2.64 bits per heavy atom. The van der Waals surface area contributed by atoms with Crippen LogP contribution in [0.1, 0.15) is 18.1 Å². The van der Waals surface area contributed by atoms with Gasteiger partial charge in [-0.25, -0.2) is 0 Å². The highest BCUT2D eigenvalue weighted by atomic mass is 19.4. The fourth-order valence-corrected chi connectivity index (χ4v) is 1.18. The van der Waals surface area contributed by atoms with Gasteiger partial charge in [-0.3, -0.25) is 4.98 Å². The molecule has 5 heteroatoms. The molecule has 0 aliphatic heterocycles. The number of halogens is 3. The Bertz CT molecular complexity index is 309. The van der Waals surface area contributed by atoms with Crippen molar-refractivity contribution in [3.63, 3.8) is 0 Å². The predicted octanol–water partition coefficient (Wildman–Crippen LogP) is 2.02. The van der Waals surface area contributed by atoms with Crippen LogP contribution in [0.15, 0.2) is 18.5 Å². The van der Waals surface area contributed by atoms with Gasteiger partial charge in [0.15, 0.2) is 0 Å². The molecule has 1 N–H and O–H groups in total. The number of hydrogen-bond donors (Lipinski definition) is 1. The van der Waals surface area contributed by atoms with Crippen LogP contribution in [0.2, 0.25) is 0 Å². The number of aliphatic hydroxyl groups excluding tert-OH is 1. The van der Waals surface area contributed by atoms with Crippen molar-refractivity contribution in [2.45, 2.75) is 25.6 Å². The van der Waals surface area contributed by atoms with Gasteiger partial charge in [-0.05, 0) is 18.6 Å². The molecule has 0 unspecified atom stereocenters. The average Bonchev–Trinajstić information content (AvgIpc) is 2.01. The van der Waals surface area contributed by atoms with E-state index in [2.05, 4.69) is 4.98 Å². The van der Waals surface area contributed by atoms with E-state index in [9.17, 15) is 13.2 Å². The van der Waals surface area contributed by atoms with Crippen LogP contribution in [0, 0.1) is 0 Å². The Morgan fingerprint density at radius 2 is 2.14 bits per heavy atom. The van der Waals surface area contributed by atoms with E-state index in [1.807, 2.05) is 0 Å². The van der Waals surface area contributed by atoms with Crippen LogP contribution in [-0.2, 0) is 12.6 Å². The van der Waals surface area contributed by atoms with Gasteiger partial charge in [0.1, 0.15) is 0 Å². The summed E-state index contributed by atoms with van der Waals surface area (Å²) in [7, 11) is 0. The highest BCUT2D eigenvalue weighted by molar-refractivity contribution is 5.26. The lowest BCUT2D eigenvalue weighted by atomic mass is 10.0. The molecule has 78 valence electrons. The summed E-state index contributed by atoms with van der Waals surface area (Å²) in [6.07, 6.45) is -3.00. The predicted molar refractivity (Wildman–Crippen MR) is 44.6 cm³/mol. The Kier molecular flexibility index (Phi) is 3.10. The number of pyridine rings is 1. The van der Waals surface area contributed by atoms with Gasteiger partial charge in [0.05, 0.1) is 11.7 Å². The van der Waals surface area contributed by atoms with E-state index in [4.69, 9.17) is 5.11 Å². The van der Waals surface area contributed by atoms with Gasteiger partial charge < -0.3 is 5.11 Å². The largest absolute Gasteiger partial charge is 0.416 e. The van der Waals surface area contributed by atoms with Gasteiger partial charge in [0, 0.05) is 18.8 Å². The van der Waals surface area contributed by atoms with Crippen LogP contribution in [0.3, 0.4) is 0 Å². The number of nitrogens with zero attached hydrogens (tertiary/aromatic N) is 1. The molecule has 1 heterocycles. The van der Waals surface area contributed by atoms with E-state index in [1.54, 1.807) is 0 Å². The lowest BCUT2D eigenvalue weighted by Gasteiger charge is -2.12. The minimum Gasteiger partial charge on any atom is -0.393 e. The molecule has 0 aliphatic rings. The summed E-state index contributed by atoms with van der Waals surface area (Å²) < 4.78 is 37.2. The van der Waals surface area contributed by atoms with Gasteiger partial charge in [0.2, 0.25) is 0 Å². The van der Waals surface area contributed by atoms with E-state index in [-0.39, 0.29) is 12.0 Å². The molecule has 2 nitrogen and oxygen atoms in total. The summed E-state index contributed by atoms with van der Waals surface area (Å²) in [5.41, 5.74) is -0.705. The van der Waals surface area contributed by atoms with E-state index in [1.165, 1.54) is 6.92 Å². The average molecular weight is 205 g/mol. The molecule has 0 bridgehead atoms. The van der Waals surface area contributed by atoms with Crippen molar-refractivity contribution in [3.05, 3.63) is 29.6 Å². The van der Waals surface area contributed by atoms with Crippen molar-refractivity contribution in [2.75, 3.05) is 0 Å². The zero-order chi connectivity index (χ0) is 10.8. The minimum absolute atomic E-state index is 0.0231. The molecule has 0 amide bonds. The first-order valence-electron chi connectivity index (χ1n) is 4.09. The van der Waals surface area contributed by atoms with Crippen LogP contribution in [-0.4, -0.2) is 16.2 Å². The molecule has 1 rings (SSSR count). The minimum atomic E-state index is -4.38. The molecule has 0 radical (unpaired) electrons. The second-order valence-corrected chi connectivity index (χ2v) is 3.08. The van der Waals surface area contributed by atoms with Gasteiger partial charge in [-0.2, -0.15) is 13.2 Å². The van der Waals surface area contributed by atoms with Crippen molar-refractivity contribution >= 4 is 0 Å². The summed E-state index contributed by atoms with van der Waals surface area (Å²) >= 11 is 0. The number of alkyl halides is 3. The molecule has 0 saturated heterocycles. The quantitative estimate of drug-likeness (QED) is 0.801. The lowest BCUT2D eigenvalue weighted by molar-refractivity contribution is -0.138. The third kappa shape index (κ3) is 2.70. The third-order valence-corrected chi connectivity index (χ3v) is 1.72. The Morgan fingerprint density at radius 1 is 1.50 bits per heavy atom. The van der Waals surface area contributed by atoms with Crippen molar-refractivity contribution in [1.29, 1.82) is 0 Å². The van der Waals surface area contributed by atoms with Crippen LogP contribution >= 0.6 is 0 Å². The number of aliphatic hydroxyl groups is 1. The fraction of sp³-hybridized carbons (Fsp3) is 0.444. The Balaban J connectivity index is 3.04. The molecular formula is C9H10F3NO. The maximum Gasteiger partial charge on any atom is 0.416 e. The summed E-state index contributed by atoms with van der Waals surface area (Å²) in [5, 5.41) is 9.00. The Labute approximate surface area is 79.4 Å². The summed E-state index contributed by atoms with van der Waals surface area (Å²) in [4.78, 5) is 3.60. The zero-order valence-electron chi connectivity index (χ0n) is 7.54. The summed E-state index contributed by atoms with van der Waals surface area (Å²) in [5.74, 6) is 0. The monoisotopic (exact) mass is 205 g/mol.